The lowest BCUT2D eigenvalue weighted by molar-refractivity contribution is 0.0316. The highest BCUT2D eigenvalue weighted by atomic mass is 16.5. The van der Waals surface area contributed by atoms with Crippen LogP contribution >= 0.6 is 0 Å². The molecule has 2 heteroatoms. The lowest BCUT2D eigenvalue weighted by Gasteiger charge is -2.29. The van der Waals surface area contributed by atoms with E-state index < -0.39 is 0 Å². The fraction of sp³-hybridized carbons (Fsp3) is 0.846. The zero-order valence-corrected chi connectivity index (χ0v) is 10.8. The zero-order chi connectivity index (χ0) is 11.7. The van der Waals surface area contributed by atoms with Gasteiger partial charge in [-0.3, -0.25) is 0 Å². The first-order chi connectivity index (χ1) is 7.17. The van der Waals surface area contributed by atoms with Gasteiger partial charge in [-0.15, -0.1) is 11.8 Å². The molecule has 0 bridgehead atoms. The number of hydrogen-bond acceptors (Lipinski definition) is 2. The van der Waals surface area contributed by atoms with Crippen molar-refractivity contribution < 1.29 is 4.74 Å². The predicted octanol–water partition coefficient (Wildman–Crippen LogP) is 2.44. The first kappa shape index (κ1) is 14.5. The Morgan fingerprint density at radius 3 is 2.40 bits per heavy atom. The van der Waals surface area contributed by atoms with E-state index in [1.54, 1.807) is 7.11 Å². The van der Waals surface area contributed by atoms with Crippen LogP contribution in [0.3, 0.4) is 0 Å². The van der Waals surface area contributed by atoms with Gasteiger partial charge in [0, 0.05) is 19.6 Å². The van der Waals surface area contributed by atoms with E-state index in [2.05, 4.69) is 37.9 Å². The minimum Gasteiger partial charge on any atom is -0.380 e. The predicted molar refractivity (Wildman–Crippen MR) is 65.8 cm³/mol. The van der Waals surface area contributed by atoms with E-state index in [4.69, 9.17) is 4.74 Å². The van der Waals surface area contributed by atoms with Crippen LogP contribution in [0.25, 0.3) is 0 Å². The molecule has 0 aliphatic carbocycles. The number of likely N-dealkylation sites (N-methyl/N-ethyl adjacent to an activating group) is 1. The standard InChI is InChI=1S/C13H25NO/c1-6-8-9-10-12(14-7-2)13(15-5)11(3)4/h11-14H,7,9-10H2,1-5H3. The summed E-state index contributed by atoms with van der Waals surface area (Å²) < 4.78 is 5.55. The van der Waals surface area contributed by atoms with Gasteiger partial charge in [-0.05, 0) is 25.8 Å². The monoisotopic (exact) mass is 211 g/mol. The van der Waals surface area contributed by atoms with E-state index in [0.29, 0.717) is 12.0 Å². The highest BCUT2D eigenvalue weighted by molar-refractivity contribution is 4.96. The second-order valence-electron chi connectivity index (χ2n) is 4.07. The van der Waals surface area contributed by atoms with E-state index in [0.717, 1.165) is 19.4 Å². The summed E-state index contributed by atoms with van der Waals surface area (Å²) in [6.45, 7) is 9.40. The molecule has 0 amide bonds. The van der Waals surface area contributed by atoms with Gasteiger partial charge >= 0.3 is 0 Å². The minimum absolute atomic E-state index is 0.281. The van der Waals surface area contributed by atoms with Crippen LogP contribution in [-0.4, -0.2) is 25.8 Å². The van der Waals surface area contributed by atoms with E-state index in [9.17, 15) is 0 Å². The lowest BCUT2D eigenvalue weighted by atomic mass is 9.96. The van der Waals surface area contributed by atoms with Gasteiger partial charge in [-0.1, -0.05) is 20.8 Å². The van der Waals surface area contributed by atoms with Crippen molar-refractivity contribution in [2.45, 2.75) is 52.7 Å². The number of hydrogen-bond donors (Lipinski definition) is 1. The van der Waals surface area contributed by atoms with Gasteiger partial charge in [0.15, 0.2) is 0 Å². The van der Waals surface area contributed by atoms with Crippen LogP contribution < -0.4 is 5.32 Å². The average Bonchev–Trinajstić information content (AvgIpc) is 2.18. The molecule has 0 saturated carbocycles. The molecule has 0 rings (SSSR count). The van der Waals surface area contributed by atoms with Crippen molar-refractivity contribution in [2.24, 2.45) is 5.92 Å². The quantitative estimate of drug-likeness (QED) is 0.653. The highest BCUT2D eigenvalue weighted by Crippen LogP contribution is 2.14. The molecule has 0 aliphatic rings. The summed E-state index contributed by atoms with van der Waals surface area (Å²) in [6, 6.07) is 0.417. The van der Waals surface area contributed by atoms with E-state index in [1.165, 1.54) is 0 Å². The van der Waals surface area contributed by atoms with Crippen LogP contribution in [0.15, 0.2) is 0 Å². The molecular formula is C13H25NO. The molecular weight excluding hydrogens is 186 g/mol. The minimum atomic E-state index is 0.281. The number of ether oxygens (including phenoxy) is 1. The first-order valence-corrected chi connectivity index (χ1v) is 5.83. The fourth-order valence-electron chi connectivity index (χ4n) is 1.90. The van der Waals surface area contributed by atoms with Crippen molar-refractivity contribution in [3.63, 3.8) is 0 Å². The number of nitrogens with one attached hydrogen (secondary N) is 1. The molecule has 0 radical (unpaired) electrons. The van der Waals surface area contributed by atoms with Crippen molar-refractivity contribution >= 4 is 0 Å². The molecule has 0 heterocycles. The molecule has 15 heavy (non-hydrogen) atoms. The van der Waals surface area contributed by atoms with E-state index in [-0.39, 0.29) is 6.10 Å². The Morgan fingerprint density at radius 2 is 2.00 bits per heavy atom. The van der Waals surface area contributed by atoms with Crippen LogP contribution in [0.5, 0.6) is 0 Å². The van der Waals surface area contributed by atoms with Gasteiger partial charge < -0.3 is 10.1 Å². The van der Waals surface area contributed by atoms with Crippen molar-refractivity contribution in [1.29, 1.82) is 0 Å². The Bertz CT molecular complexity index is 202. The van der Waals surface area contributed by atoms with Gasteiger partial charge in [-0.25, -0.2) is 0 Å². The topological polar surface area (TPSA) is 21.3 Å². The second-order valence-corrected chi connectivity index (χ2v) is 4.07. The molecule has 0 spiro atoms. The van der Waals surface area contributed by atoms with E-state index >= 15 is 0 Å². The van der Waals surface area contributed by atoms with Gasteiger partial charge in [0.05, 0.1) is 6.10 Å². The molecule has 0 aromatic rings. The van der Waals surface area contributed by atoms with Crippen molar-refractivity contribution in [3.05, 3.63) is 0 Å². The smallest absolute Gasteiger partial charge is 0.0747 e. The Kier molecular flexibility index (Phi) is 8.46. The largest absolute Gasteiger partial charge is 0.380 e. The molecule has 0 saturated heterocycles. The van der Waals surface area contributed by atoms with Gasteiger partial charge in [-0.2, -0.15) is 0 Å². The van der Waals surface area contributed by atoms with E-state index in [1.807, 2.05) is 6.92 Å². The maximum Gasteiger partial charge on any atom is 0.0747 e. The van der Waals surface area contributed by atoms with Crippen LogP contribution in [0.1, 0.15) is 40.5 Å². The van der Waals surface area contributed by atoms with Crippen LogP contribution in [-0.2, 0) is 4.74 Å². The SMILES string of the molecule is CC#CCCC(NCC)C(OC)C(C)C. The summed E-state index contributed by atoms with van der Waals surface area (Å²) in [4.78, 5) is 0. The summed E-state index contributed by atoms with van der Waals surface area (Å²) in [7, 11) is 1.79. The molecule has 1 N–H and O–H groups in total. The molecule has 0 aromatic heterocycles. The zero-order valence-electron chi connectivity index (χ0n) is 10.8. The third kappa shape index (κ3) is 5.81. The molecule has 2 atom stereocenters. The summed E-state index contributed by atoms with van der Waals surface area (Å²) >= 11 is 0. The van der Waals surface area contributed by atoms with Gasteiger partial charge in [0.2, 0.25) is 0 Å². The average molecular weight is 211 g/mol. The van der Waals surface area contributed by atoms with Crippen molar-refractivity contribution in [1.82, 2.24) is 5.32 Å². The third-order valence-corrected chi connectivity index (χ3v) is 2.55. The summed E-state index contributed by atoms with van der Waals surface area (Å²) in [6.07, 6.45) is 2.29. The highest BCUT2D eigenvalue weighted by Gasteiger charge is 2.22. The number of methoxy groups -OCH3 is 1. The number of rotatable bonds is 7. The Balaban J connectivity index is 4.24. The Morgan fingerprint density at radius 1 is 1.33 bits per heavy atom. The summed E-state index contributed by atoms with van der Waals surface area (Å²) in [5, 5.41) is 3.48. The molecule has 0 aliphatic heterocycles. The molecule has 0 fully saturated rings. The molecule has 0 aromatic carbocycles. The van der Waals surface area contributed by atoms with Gasteiger partial charge in [0.25, 0.3) is 0 Å². The molecule has 88 valence electrons. The maximum absolute atomic E-state index is 5.55. The molecule has 2 unspecified atom stereocenters. The van der Waals surface area contributed by atoms with Crippen molar-refractivity contribution in [2.75, 3.05) is 13.7 Å². The maximum atomic E-state index is 5.55. The van der Waals surface area contributed by atoms with Crippen molar-refractivity contribution in [3.8, 4) is 11.8 Å². The molecule has 2 nitrogen and oxygen atoms in total. The normalized spacial score (nSPS) is 14.5. The third-order valence-electron chi connectivity index (χ3n) is 2.55. The van der Waals surface area contributed by atoms with Crippen LogP contribution in [0.2, 0.25) is 0 Å². The van der Waals surface area contributed by atoms with Crippen LogP contribution in [0, 0.1) is 17.8 Å². The fourth-order valence-corrected chi connectivity index (χ4v) is 1.90. The lowest BCUT2D eigenvalue weighted by Crippen LogP contribution is -2.43. The first-order valence-electron chi connectivity index (χ1n) is 5.83. The second kappa shape index (κ2) is 8.76. The summed E-state index contributed by atoms with van der Waals surface area (Å²) in [5.74, 6) is 6.58. The summed E-state index contributed by atoms with van der Waals surface area (Å²) in [5.41, 5.74) is 0. The van der Waals surface area contributed by atoms with Gasteiger partial charge in [0.1, 0.15) is 0 Å². The van der Waals surface area contributed by atoms with Crippen LogP contribution in [0.4, 0.5) is 0 Å². The Labute approximate surface area is 94.8 Å². The Hall–Kier alpha value is -0.520.